The van der Waals surface area contributed by atoms with Crippen LogP contribution in [0.2, 0.25) is 0 Å². The van der Waals surface area contributed by atoms with Gasteiger partial charge in [-0.1, -0.05) is 84.0 Å². The fourth-order valence-electron chi connectivity index (χ4n) is 4.66. The van der Waals surface area contributed by atoms with Crippen LogP contribution < -0.4 is 21.3 Å². The van der Waals surface area contributed by atoms with Gasteiger partial charge in [-0.15, -0.1) is 0 Å². The predicted molar refractivity (Wildman–Crippen MR) is 164 cm³/mol. The van der Waals surface area contributed by atoms with E-state index in [1.54, 1.807) is 19.9 Å². The second kappa shape index (κ2) is 15.1. The van der Waals surface area contributed by atoms with Gasteiger partial charge in [-0.3, -0.25) is 24.0 Å². The monoisotopic (exact) mass is 612 g/mol. The Morgan fingerprint density at radius 2 is 1.69 bits per heavy atom. The number of carbonyl (C=O) groups is 5. The summed E-state index contributed by atoms with van der Waals surface area (Å²) in [6, 6.07) is 10.7. The molecule has 42 heavy (non-hydrogen) atoms. The molecule has 0 aliphatic carbocycles. The summed E-state index contributed by atoms with van der Waals surface area (Å²) in [5.74, 6) is -2.14. The lowest BCUT2D eigenvalue weighted by Crippen LogP contribution is -2.59. The molecule has 12 heteroatoms. The molecule has 224 valence electrons. The van der Waals surface area contributed by atoms with E-state index < -0.39 is 60.4 Å². The van der Waals surface area contributed by atoms with Crippen molar-refractivity contribution in [1.82, 2.24) is 21.3 Å². The molecule has 0 aromatic heterocycles. The summed E-state index contributed by atoms with van der Waals surface area (Å²) in [5, 5.41) is 12.9. The van der Waals surface area contributed by atoms with Crippen LogP contribution in [0.15, 0.2) is 54.6 Å². The Kier molecular flexibility index (Phi) is 11.3. The molecule has 4 rings (SSSR count). The lowest BCUT2D eigenvalue weighted by atomic mass is 10.0. The first kappa shape index (κ1) is 31.4. The summed E-state index contributed by atoms with van der Waals surface area (Å²) < 4.78 is 5.53. The maximum atomic E-state index is 13.6. The average Bonchev–Trinajstić information content (AvgIpc) is 2.96. The van der Waals surface area contributed by atoms with Gasteiger partial charge in [-0.25, -0.2) is 0 Å². The van der Waals surface area contributed by atoms with E-state index in [1.807, 2.05) is 48.5 Å². The number of rotatable bonds is 3. The van der Waals surface area contributed by atoms with E-state index >= 15 is 0 Å². The molecule has 4 amide bonds. The average molecular weight is 613 g/mol. The Morgan fingerprint density at radius 1 is 0.905 bits per heavy atom. The summed E-state index contributed by atoms with van der Waals surface area (Å²) in [4.78, 5) is 66.0. The third-order valence-corrected chi connectivity index (χ3v) is 9.34. The van der Waals surface area contributed by atoms with Gasteiger partial charge >= 0.3 is 5.97 Å². The minimum atomic E-state index is -1.02. The molecule has 3 unspecified atom stereocenters. The van der Waals surface area contributed by atoms with Crippen LogP contribution in [0.25, 0.3) is 10.8 Å². The molecular formula is C30H36N4O6S2. The van der Waals surface area contributed by atoms with E-state index in [4.69, 9.17) is 4.74 Å². The number of carbonyl (C=O) groups excluding carboxylic acids is 5. The van der Waals surface area contributed by atoms with Gasteiger partial charge in [0.15, 0.2) is 0 Å². The highest BCUT2D eigenvalue weighted by Crippen LogP contribution is 2.24. The molecule has 1 saturated heterocycles. The Hall–Kier alpha value is -3.51. The third-order valence-electron chi connectivity index (χ3n) is 6.90. The standard InChI is InChI=1S/C30H36N4O6S2/c1-18(2)27-30(39)33-24-17-42-41-12-6-5-9-22(15-25(35)34-27)40-26(36)16-31-28(37)23(32-29(24)38)14-19-10-11-20-7-3-4-8-21(20)13-19/h3-5,7-11,13,18,22-24,27H,6,12,14-17H2,1-2H3,(H,31,37)(H,32,38)(H,33,39)(H,34,35)/b9-5+/t22?,23?,24?,27-/m1/s1. The van der Waals surface area contributed by atoms with Crippen LogP contribution in [0, 0.1) is 5.92 Å². The van der Waals surface area contributed by atoms with Crippen LogP contribution in [-0.4, -0.2) is 71.9 Å². The van der Waals surface area contributed by atoms with E-state index in [0.29, 0.717) is 12.2 Å². The molecule has 2 heterocycles. The lowest BCUT2D eigenvalue weighted by molar-refractivity contribution is -0.148. The maximum absolute atomic E-state index is 13.6. The molecule has 2 aliphatic rings. The number of benzene rings is 2. The zero-order valence-electron chi connectivity index (χ0n) is 23.6. The Balaban J connectivity index is 1.67. The van der Waals surface area contributed by atoms with Crippen molar-refractivity contribution in [2.45, 2.75) is 57.3 Å². The van der Waals surface area contributed by atoms with Crippen molar-refractivity contribution in [3.05, 3.63) is 60.2 Å². The molecule has 1 fully saturated rings. The first-order chi connectivity index (χ1) is 20.2. The number of ether oxygens (including phenoxy) is 1. The quantitative estimate of drug-likeness (QED) is 0.235. The highest BCUT2D eigenvalue weighted by atomic mass is 33.1. The molecule has 4 N–H and O–H groups in total. The van der Waals surface area contributed by atoms with Gasteiger partial charge in [-0.05, 0) is 34.8 Å². The second-order valence-corrected chi connectivity index (χ2v) is 13.2. The largest absolute Gasteiger partial charge is 0.456 e. The highest BCUT2D eigenvalue weighted by Gasteiger charge is 2.32. The first-order valence-electron chi connectivity index (χ1n) is 14.0. The maximum Gasteiger partial charge on any atom is 0.326 e. The van der Waals surface area contributed by atoms with Crippen molar-refractivity contribution in [2.24, 2.45) is 5.92 Å². The second-order valence-electron chi connectivity index (χ2n) is 10.6. The number of hydrogen-bond donors (Lipinski definition) is 4. The van der Waals surface area contributed by atoms with Gasteiger partial charge in [-0.2, -0.15) is 0 Å². The number of allylic oxidation sites excluding steroid dienone is 1. The van der Waals surface area contributed by atoms with Gasteiger partial charge in [0.1, 0.15) is 30.8 Å². The first-order valence-corrected chi connectivity index (χ1v) is 16.4. The van der Waals surface area contributed by atoms with Crippen molar-refractivity contribution < 1.29 is 28.7 Å². The molecule has 2 aliphatic heterocycles. The summed E-state index contributed by atoms with van der Waals surface area (Å²) in [5.41, 5.74) is 0.815. The number of esters is 1. The molecule has 0 saturated carbocycles. The van der Waals surface area contributed by atoms with Crippen LogP contribution >= 0.6 is 21.6 Å². The van der Waals surface area contributed by atoms with Crippen LogP contribution in [0.5, 0.6) is 0 Å². The van der Waals surface area contributed by atoms with E-state index in [1.165, 1.54) is 21.6 Å². The summed E-state index contributed by atoms with van der Waals surface area (Å²) in [6.45, 7) is 3.14. The number of nitrogens with one attached hydrogen (secondary N) is 4. The van der Waals surface area contributed by atoms with Gasteiger partial charge in [0.2, 0.25) is 23.6 Å². The van der Waals surface area contributed by atoms with Gasteiger partial charge in [0, 0.05) is 17.9 Å². The Labute approximate surface area is 252 Å². The number of amides is 4. The van der Waals surface area contributed by atoms with E-state index in [-0.39, 0.29) is 24.5 Å². The van der Waals surface area contributed by atoms with Crippen LogP contribution in [0.4, 0.5) is 0 Å². The number of hydrogen-bond acceptors (Lipinski definition) is 8. The van der Waals surface area contributed by atoms with Crippen molar-refractivity contribution in [2.75, 3.05) is 18.1 Å². The third kappa shape index (κ3) is 8.99. The Bertz CT molecular complexity index is 1350. The van der Waals surface area contributed by atoms with Gasteiger partial charge < -0.3 is 26.0 Å². The van der Waals surface area contributed by atoms with E-state index in [2.05, 4.69) is 21.3 Å². The summed E-state index contributed by atoms with van der Waals surface area (Å²) in [6.07, 6.45) is 3.24. The molecule has 2 bridgehead atoms. The molecule has 0 radical (unpaired) electrons. The summed E-state index contributed by atoms with van der Waals surface area (Å²) >= 11 is 0. The summed E-state index contributed by atoms with van der Waals surface area (Å²) in [7, 11) is 2.97. The molecule has 2 aromatic rings. The predicted octanol–water partition coefficient (Wildman–Crippen LogP) is 2.27. The minimum absolute atomic E-state index is 0.163. The zero-order valence-corrected chi connectivity index (χ0v) is 25.2. The molecule has 2 aromatic carbocycles. The van der Waals surface area contributed by atoms with Crippen molar-refractivity contribution in [1.29, 1.82) is 0 Å². The van der Waals surface area contributed by atoms with Crippen molar-refractivity contribution in [3.63, 3.8) is 0 Å². The van der Waals surface area contributed by atoms with E-state index in [0.717, 1.165) is 16.3 Å². The molecule has 0 spiro atoms. The minimum Gasteiger partial charge on any atom is -0.456 e. The topological polar surface area (TPSA) is 143 Å². The SMILES string of the molecule is CC(C)[C@H]1NC(=O)CC2/C=C/CCSSCC(NC1=O)C(=O)NC(Cc1ccc3ccccc3c1)C(=O)NCC(=O)O2. The van der Waals surface area contributed by atoms with Gasteiger partial charge in [0.05, 0.1) is 6.42 Å². The Morgan fingerprint density at radius 3 is 2.48 bits per heavy atom. The highest BCUT2D eigenvalue weighted by molar-refractivity contribution is 8.76. The van der Waals surface area contributed by atoms with Gasteiger partial charge in [0.25, 0.3) is 0 Å². The smallest absolute Gasteiger partial charge is 0.326 e. The normalized spacial score (nSPS) is 25.9. The van der Waals surface area contributed by atoms with E-state index in [9.17, 15) is 24.0 Å². The fraction of sp³-hybridized carbons (Fsp3) is 0.433. The zero-order chi connectivity index (χ0) is 30.1. The van der Waals surface area contributed by atoms with Crippen molar-refractivity contribution >= 4 is 62.0 Å². The van der Waals surface area contributed by atoms with Crippen LogP contribution in [0.1, 0.15) is 32.3 Å². The van der Waals surface area contributed by atoms with Crippen molar-refractivity contribution in [3.8, 4) is 0 Å². The molecule has 4 atom stereocenters. The fourth-order valence-corrected chi connectivity index (χ4v) is 6.82. The molecular weight excluding hydrogens is 576 g/mol. The van der Waals surface area contributed by atoms with Crippen LogP contribution in [-0.2, 0) is 35.1 Å². The number of fused-ring (bicyclic) bond motifs is 8. The van der Waals surface area contributed by atoms with Crippen LogP contribution in [0.3, 0.4) is 0 Å². The molecule has 10 nitrogen and oxygen atoms in total. The lowest BCUT2D eigenvalue weighted by Gasteiger charge is -2.27.